The molecule has 1 atom stereocenters. The smallest absolute Gasteiger partial charge is 0.387 e. The van der Waals surface area contributed by atoms with Gasteiger partial charge in [0.05, 0.1) is 0 Å². The molecule has 1 unspecified atom stereocenters. The molecule has 0 aromatic heterocycles. The van der Waals surface area contributed by atoms with E-state index in [1.807, 2.05) is 24.3 Å². The fraction of sp³-hybridized carbons (Fsp3) is 0.238. The van der Waals surface area contributed by atoms with Gasteiger partial charge < -0.3 is 10.5 Å². The SMILES string of the molecule is C=CCc1ccc(C2(c3ccc(OC(F)F)c(C)c3)N=C(N)N(C)C2=O)cc1. The molecule has 3 rings (SSSR count). The summed E-state index contributed by atoms with van der Waals surface area (Å²) in [5, 5.41) is 0. The number of benzene rings is 2. The Balaban J connectivity index is 2.15. The van der Waals surface area contributed by atoms with Gasteiger partial charge in [0.1, 0.15) is 5.75 Å². The monoisotopic (exact) mass is 385 g/mol. The highest BCUT2D eigenvalue weighted by Gasteiger charge is 2.49. The third-order valence-corrected chi connectivity index (χ3v) is 4.80. The Morgan fingerprint density at radius 3 is 2.39 bits per heavy atom. The van der Waals surface area contributed by atoms with Gasteiger partial charge in [-0.1, -0.05) is 36.4 Å². The van der Waals surface area contributed by atoms with E-state index in [1.165, 1.54) is 11.0 Å². The van der Waals surface area contributed by atoms with E-state index >= 15 is 0 Å². The fourth-order valence-electron chi connectivity index (χ4n) is 3.34. The molecule has 0 radical (unpaired) electrons. The number of alkyl halides is 2. The Hall–Kier alpha value is -3.22. The molecule has 0 fully saturated rings. The fourth-order valence-corrected chi connectivity index (χ4v) is 3.34. The molecule has 0 spiro atoms. The van der Waals surface area contributed by atoms with Gasteiger partial charge >= 0.3 is 6.61 Å². The van der Waals surface area contributed by atoms with Crippen LogP contribution < -0.4 is 10.5 Å². The molecular weight excluding hydrogens is 364 g/mol. The molecule has 5 nitrogen and oxygen atoms in total. The number of nitrogens with zero attached hydrogens (tertiary/aromatic N) is 2. The lowest BCUT2D eigenvalue weighted by molar-refractivity contribution is -0.129. The molecule has 1 aliphatic rings. The van der Waals surface area contributed by atoms with Crippen molar-refractivity contribution >= 4 is 11.9 Å². The number of guanidine groups is 1. The Kier molecular flexibility index (Phi) is 5.18. The van der Waals surface area contributed by atoms with Crippen LogP contribution in [0.3, 0.4) is 0 Å². The van der Waals surface area contributed by atoms with Crippen molar-refractivity contribution in [3.8, 4) is 5.75 Å². The molecule has 1 heterocycles. The predicted octanol–water partition coefficient (Wildman–Crippen LogP) is 3.36. The molecule has 1 amide bonds. The van der Waals surface area contributed by atoms with Gasteiger partial charge in [0.2, 0.25) is 0 Å². The quantitative estimate of drug-likeness (QED) is 0.776. The van der Waals surface area contributed by atoms with Gasteiger partial charge in [-0.2, -0.15) is 8.78 Å². The van der Waals surface area contributed by atoms with Crippen LogP contribution in [0.25, 0.3) is 0 Å². The first kappa shape index (κ1) is 19.5. The van der Waals surface area contributed by atoms with E-state index in [2.05, 4.69) is 16.3 Å². The zero-order valence-electron chi connectivity index (χ0n) is 15.7. The second-order valence-corrected chi connectivity index (χ2v) is 6.59. The van der Waals surface area contributed by atoms with Gasteiger partial charge in [0, 0.05) is 7.05 Å². The van der Waals surface area contributed by atoms with Gasteiger partial charge in [-0.3, -0.25) is 9.69 Å². The molecule has 2 N–H and O–H groups in total. The average Bonchev–Trinajstić information content (AvgIpc) is 2.89. The first-order valence-electron chi connectivity index (χ1n) is 8.69. The van der Waals surface area contributed by atoms with Crippen LogP contribution in [0.1, 0.15) is 22.3 Å². The second-order valence-electron chi connectivity index (χ2n) is 6.59. The van der Waals surface area contributed by atoms with E-state index in [0.717, 1.165) is 5.56 Å². The van der Waals surface area contributed by atoms with Crippen LogP contribution in [0.2, 0.25) is 0 Å². The van der Waals surface area contributed by atoms with Gasteiger partial charge in [-0.25, -0.2) is 4.99 Å². The number of allylic oxidation sites excluding steroid dienone is 1. The molecule has 7 heteroatoms. The van der Waals surface area contributed by atoms with Crippen molar-refractivity contribution < 1.29 is 18.3 Å². The Bertz CT molecular complexity index is 941. The summed E-state index contributed by atoms with van der Waals surface area (Å²) in [6.07, 6.45) is 2.49. The zero-order valence-corrected chi connectivity index (χ0v) is 15.7. The lowest BCUT2D eigenvalue weighted by atomic mass is 9.81. The van der Waals surface area contributed by atoms with Crippen molar-refractivity contribution in [2.45, 2.75) is 25.5 Å². The number of hydrogen-bond acceptors (Lipinski definition) is 4. The van der Waals surface area contributed by atoms with E-state index in [9.17, 15) is 13.6 Å². The molecule has 2 aromatic carbocycles. The lowest BCUT2D eigenvalue weighted by Gasteiger charge is -2.27. The van der Waals surface area contributed by atoms with E-state index in [1.54, 1.807) is 32.2 Å². The topological polar surface area (TPSA) is 67.9 Å². The maximum atomic E-state index is 13.2. The predicted molar refractivity (Wildman–Crippen MR) is 103 cm³/mol. The van der Waals surface area contributed by atoms with Crippen LogP contribution in [0.4, 0.5) is 8.78 Å². The average molecular weight is 385 g/mol. The highest BCUT2D eigenvalue weighted by molar-refractivity contribution is 6.08. The molecular formula is C21H21F2N3O2. The lowest BCUT2D eigenvalue weighted by Crippen LogP contribution is -2.41. The van der Waals surface area contributed by atoms with Crippen LogP contribution in [0.5, 0.6) is 5.75 Å². The Morgan fingerprint density at radius 2 is 1.89 bits per heavy atom. The minimum atomic E-state index is -2.93. The summed E-state index contributed by atoms with van der Waals surface area (Å²) in [6.45, 7) is 2.43. The van der Waals surface area contributed by atoms with Crippen molar-refractivity contribution in [3.63, 3.8) is 0 Å². The minimum absolute atomic E-state index is 0.0472. The summed E-state index contributed by atoms with van der Waals surface area (Å²) in [6, 6.07) is 12.1. The van der Waals surface area contributed by atoms with Crippen LogP contribution in [-0.4, -0.2) is 30.4 Å². The molecule has 0 bridgehead atoms. The Labute approximate surface area is 162 Å². The van der Waals surface area contributed by atoms with Gasteiger partial charge in [-0.05, 0) is 47.7 Å². The van der Waals surface area contributed by atoms with Crippen LogP contribution >= 0.6 is 0 Å². The van der Waals surface area contributed by atoms with Crippen molar-refractivity contribution in [1.29, 1.82) is 0 Å². The molecule has 0 aliphatic carbocycles. The van der Waals surface area contributed by atoms with Crippen molar-refractivity contribution in [3.05, 3.63) is 77.4 Å². The number of aryl methyl sites for hydroxylation is 1. The summed E-state index contributed by atoms with van der Waals surface area (Å²) in [4.78, 5) is 19.0. The van der Waals surface area contributed by atoms with Crippen molar-refractivity contribution in [2.75, 3.05) is 7.05 Å². The Morgan fingerprint density at radius 1 is 1.25 bits per heavy atom. The van der Waals surface area contributed by atoms with Gasteiger partial charge in [-0.15, -0.1) is 6.58 Å². The zero-order chi connectivity index (χ0) is 20.5. The number of hydrogen-bond donors (Lipinski definition) is 1. The number of nitrogens with two attached hydrogens (primary N) is 1. The molecule has 146 valence electrons. The van der Waals surface area contributed by atoms with E-state index in [0.29, 0.717) is 23.1 Å². The van der Waals surface area contributed by atoms with Crippen molar-refractivity contribution in [2.24, 2.45) is 10.7 Å². The standard InChI is InChI=1S/C21H21F2N3O2/c1-4-5-14-6-8-15(9-7-14)21(18(27)26(3)20(24)25-21)16-10-11-17(13(2)12-16)28-19(22)23/h4,6-12,19H,1,5H2,2-3H3,(H2,24,25). The van der Waals surface area contributed by atoms with Crippen LogP contribution in [0, 0.1) is 6.92 Å². The number of carbonyl (C=O) groups is 1. The molecule has 2 aromatic rings. The summed E-state index contributed by atoms with van der Waals surface area (Å²) >= 11 is 0. The first-order chi connectivity index (χ1) is 13.3. The molecule has 28 heavy (non-hydrogen) atoms. The van der Waals surface area contributed by atoms with Gasteiger partial charge in [0.25, 0.3) is 5.91 Å². The summed E-state index contributed by atoms with van der Waals surface area (Å²) in [5.41, 5.74) is 7.25. The summed E-state index contributed by atoms with van der Waals surface area (Å²) in [5.74, 6) is -0.180. The van der Waals surface area contributed by atoms with E-state index < -0.39 is 12.2 Å². The third kappa shape index (κ3) is 3.24. The van der Waals surface area contributed by atoms with Crippen LogP contribution in [0.15, 0.2) is 60.1 Å². The summed E-state index contributed by atoms with van der Waals surface area (Å²) < 4.78 is 29.7. The highest BCUT2D eigenvalue weighted by Crippen LogP contribution is 2.40. The normalized spacial score (nSPS) is 19.1. The molecule has 0 saturated carbocycles. The number of rotatable bonds is 6. The van der Waals surface area contributed by atoms with Crippen molar-refractivity contribution in [1.82, 2.24) is 4.90 Å². The third-order valence-electron chi connectivity index (χ3n) is 4.80. The number of ether oxygens (including phenoxy) is 1. The first-order valence-corrected chi connectivity index (χ1v) is 8.69. The highest BCUT2D eigenvalue weighted by atomic mass is 19.3. The van der Waals surface area contributed by atoms with Gasteiger partial charge in [0.15, 0.2) is 11.5 Å². The maximum absolute atomic E-state index is 13.2. The number of aliphatic imine (C=N–C) groups is 1. The second kappa shape index (κ2) is 7.42. The largest absolute Gasteiger partial charge is 0.435 e. The maximum Gasteiger partial charge on any atom is 0.387 e. The molecule has 1 aliphatic heterocycles. The number of likely N-dealkylation sites (N-methyl/N-ethyl adjacent to an activating group) is 1. The van der Waals surface area contributed by atoms with E-state index in [4.69, 9.17) is 5.73 Å². The number of carbonyl (C=O) groups excluding carboxylic acids is 1. The van der Waals surface area contributed by atoms with E-state index in [-0.39, 0.29) is 17.6 Å². The number of halogens is 2. The minimum Gasteiger partial charge on any atom is -0.435 e. The number of amides is 1. The summed E-state index contributed by atoms with van der Waals surface area (Å²) in [7, 11) is 1.55. The molecule has 0 saturated heterocycles. The van der Waals surface area contributed by atoms with Crippen LogP contribution in [-0.2, 0) is 16.8 Å².